The van der Waals surface area contributed by atoms with E-state index in [1.807, 2.05) is 49.6 Å². The number of carbonyl (C=O) groups is 1. The van der Waals surface area contributed by atoms with E-state index in [4.69, 9.17) is 11.6 Å². The lowest BCUT2D eigenvalue weighted by atomic mass is 10.2. The quantitative estimate of drug-likeness (QED) is 0.310. The molecule has 3 heterocycles. The highest BCUT2D eigenvalue weighted by Gasteiger charge is 2.18. The van der Waals surface area contributed by atoms with Crippen LogP contribution in [-0.4, -0.2) is 49.1 Å². The molecule has 184 valence electrons. The first kappa shape index (κ1) is 24.8. The normalized spacial score (nSPS) is 13.0. The number of carbonyl (C=O) groups excluding carboxylic acids is 1. The summed E-state index contributed by atoms with van der Waals surface area (Å²) in [6.07, 6.45) is 4.61. The van der Waals surface area contributed by atoms with Crippen molar-refractivity contribution in [3.8, 4) is 5.69 Å². The Morgan fingerprint density at radius 1 is 1.17 bits per heavy atom. The number of nitrogens with zero attached hydrogens (tertiary/aromatic N) is 3. The molecule has 0 fully saturated rings. The van der Waals surface area contributed by atoms with Crippen molar-refractivity contribution in [2.24, 2.45) is 0 Å². The second-order valence-corrected chi connectivity index (χ2v) is 9.96. The van der Waals surface area contributed by atoms with Crippen LogP contribution >= 0.6 is 22.9 Å². The topological polar surface area (TPSA) is 93.7 Å². The minimum atomic E-state index is -0.177. The fourth-order valence-corrected chi connectivity index (χ4v) is 4.52. The predicted octanol–water partition coefficient (Wildman–Crippen LogP) is 3.02. The van der Waals surface area contributed by atoms with Crippen LogP contribution in [0.2, 0.25) is 4.34 Å². The molecule has 1 aliphatic rings. The van der Waals surface area contributed by atoms with Crippen LogP contribution in [0.3, 0.4) is 0 Å². The number of anilines is 2. The molecule has 0 aliphatic carbocycles. The molecule has 0 radical (unpaired) electrons. The Balaban J connectivity index is 1.50. The Morgan fingerprint density at radius 2 is 2.03 bits per heavy atom. The number of amides is 1. The monoisotopic (exact) mass is 513 g/mol. The van der Waals surface area contributed by atoms with Gasteiger partial charge in [0.25, 0.3) is 11.5 Å². The predicted molar refractivity (Wildman–Crippen MR) is 142 cm³/mol. The largest absolute Gasteiger partial charge is 0.383 e. The van der Waals surface area contributed by atoms with Crippen LogP contribution in [0.5, 0.6) is 0 Å². The van der Waals surface area contributed by atoms with Crippen molar-refractivity contribution in [3.05, 3.63) is 86.2 Å². The molecule has 1 amide bonds. The minimum Gasteiger partial charge on any atom is -0.383 e. The fourth-order valence-electron chi connectivity index (χ4n) is 3.56. The number of hydrogen-bond donors (Lipinski definition) is 4. The first-order valence-electron chi connectivity index (χ1n) is 11.2. The van der Waals surface area contributed by atoms with Gasteiger partial charge in [0.15, 0.2) is 0 Å². The molecule has 2 aromatic heterocycles. The molecule has 0 atom stereocenters. The van der Waals surface area contributed by atoms with Gasteiger partial charge in [-0.25, -0.2) is 0 Å². The summed E-state index contributed by atoms with van der Waals surface area (Å²) in [7, 11) is 4.09. The van der Waals surface area contributed by atoms with Gasteiger partial charge in [0.2, 0.25) is 0 Å². The van der Waals surface area contributed by atoms with E-state index in [-0.39, 0.29) is 11.5 Å². The van der Waals surface area contributed by atoms with Crippen LogP contribution < -0.4 is 32.2 Å². The van der Waals surface area contributed by atoms with Gasteiger partial charge in [-0.15, -0.1) is 16.9 Å². The van der Waals surface area contributed by atoms with E-state index in [0.29, 0.717) is 15.8 Å². The standard InChI is InChI=1S/C24H28ClN7O2S/c1-30(2)12-5-11-26-19-14-18(31-13-4-3-6-23(31)33)7-8-20(19)32-16-17(28-29-32)15-27-24(34)21-9-10-22(25)35-21/h3-4,6-10,13-14,16,26,28-29H,5,11-12,15H2,1-2H3,(H,27,34). The summed E-state index contributed by atoms with van der Waals surface area (Å²) >= 11 is 7.17. The first-order chi connectivity index (χ1) is 16.9. The van der Waals surface area contributed by atoms with E-state index in [0.717, 1.165) is 42.3 Å². The molecule has 4 N–H and O–H groups in total. The van der Waals surface area contributed by atoms with Crippen molar-refractivity contribution < 1.29 is 4.79 Å². The molecule has 4 rings (SSSR count). The van der Waals surface area contributed by atoms with Gasteiger partial charge in [-0.05, 0) is 63.5 Å². The minimum absolute atomic E-state index is 0.0928. The zero-order chi connectivity index (χ0) is 24.8. The second-order valence-electron chi connectivity index (χ2n) is 8.24. The zero-order valence-electron chi connectivity index (χ0n) is 19.5. The molecule has 1 aliphatic heterocycles. The molecule has 3 aromatic rings. The summed E-state index contributed by atoms with van der Waals surface area (Å²) in [5, 5.41) is 8.23. The lowest BCUT2D eigenvalue weighted by Crippen LogP contribution is -2.38. The maximum absolute atomic E-state index is 12.3. The smallest absolute Gasteiger partial charge is 0.261 e. The highest BCUT2D eigenvalue weighted by atomic mass is 35.5. The summed E-state index contributed by atoms with van der Waals surface area (Å²) < 4.78 is 2.19. The number of nitrogens with one attached hydrogen (secondary N) is 4. The third kappa shape index (κ3) is 6.43. The average Bonchev–Trinajstić information content (AvgIpc) is 3.49. The Bertz CT molecular complexity index is 1270. The van der Waals surface area contributed by atoms with Gasteiger partial charge in [-0.3, -0.25) is 19.2 Å². The maximum Gasteiger partial charge on any atom is 0.261 e. The number of aromatic nitrogens is 1. The second kappa shape index (κ2) is 11.4. The van der Waals surface area contributed by atoms with Crippen molar-refractivity contribution in [2.45, 2.75) is 6.42 Å². The lowest BCUT2D eigenvalue weighted by molar-refractivity contribution is 0.0960. The van der Waals surface area contributed by atoms with Gasteiger partial charge in [0.05, 0.1) is 38.5 Å². The Hall–Kier alpha value is -3.31. The van der Waals surface area contributed by atoms with Gasteiger partial charge < -0.3 is 21.0 Å². The lowest BCUT2D eigenvalue weighted by Gasteiger charge is -2.21. The van der Waals surface area contributed by atoms with Gasteiger partial charge in [-0.2, -0.15) is 0 Å². The van der Waals surface area contributed by atoms with E-state index < -0.39 is 0 Å². The van der Waals surface area contributed by atoms with Crippen LogP contribution in [0, 0.1) is 0 Å². The summed E-state index contributed by atoms with van der Waals surface area (Å²) in [4.78, 5) is 27.4. The van der Waals surface area contributed by atoms with E-state index in [1.165, 1.54) is 17.4 Å². The molecule has 35 heavy (non-hydrogen) atoms. The maximum atomic E-state index is 12.3. The van der Waals surface area contributed by atoms with Gasteiger partial charge >= 0.3 is 0 Å². The summed E-state index contributed by atoms with van der Waals surface area (Å²) in [6.45, 7) is 2.05. The van der Waals surface area contributed by atoms with E-state index >= 15 is 0 Å². The molecule has 9 nitrogen and oxygen atoms in total. The molecular formula is C24H28ClN7O2S. The van der Waals surface area contributed by atoms with Crippen molar-refractivity contribution in [3.63, 3.8) is 0 Å². The van der Waals surface area contributed by atoms with Crippen LogP contribution in [0.4, 0.5) is 11.4 Å². The third-order valence-corrected chi connectivity index (χ3v) is 6.53. The molecule has 0 unspecified atom stereocenters. The van der Waals surface area contributed by atoms with Crippen LogP contribution in [0.1, 0.15) is 16.1 Å². The van der Waals surface area contributed by atoms with Gasteiger partial charge in [0, 0.05) is 25.0 Å². The number of benzene rings is 1. The fraction of sp³-hybridized carbons (Fsp3) is 0.250. The van der Waals surface area contributed by atoms with E-state index in [2.05, 4.69) is 26.5 Å². The number of thiophene rings is 1. The number of halogens is 1. The van der Waals surface area contributed by atoms with Gasteiger partial charge in [-0.1, -0.05) is 17.7 Å². The molecule has 11 heteroatoms. The number of hydrazine groups is 2. The Labute approximate surface area is 212 Å². The van der Waals surface area contributed by atoms with Gasteiger partial charge in [0.1, 0.15) is 0 Å². The molecular weight excluding hydrogens is 486 g/mol. The highest BCUT2D eigenvalue weighted by Crippen LogP contribution is 2.29. The average molecular weight is 514 g/mol. The number of pyridine rings is 1. The summed E-state index contributed by atoms with van der Waals surface area (Å²) in [5.41, 5.74) is 9.43. The molecule has 0 bridgehead atoms. The number of hydrogen-bond acceptors (Lipinski definition) is 8. The number of rotatable bonds is 10. The summed E-state index contributed by atoms with van der Waals surface area (Å²) in [5.74, 6) is -0.177. The van der Waals surface area contributed by atoms with Crippen LogP contribution in [0.25, 0.3) is 5.69 Å². The van der Waals surface area contributed by atoms with Crippen LogP contribution in [-0.2, 0) is 0 Å². The molecule has 0 saturated heterocycles. The molecule has 0 spiro atoms. The third-order valence-electron chi connectivity index (χ3n) is 5.30. The van der Waals surface area contributed by atoms with E-state index in [9.17, 15) is 9.59 Å². The zero-order valence-corrected chi connectivity index (χ0v) is 21.1. The van der Waals surface area contributed by atoms with Crippen LogP contribution in [0.15, 0.2) is 71.4 Å². The van der Waals surface area contributed by atoms with Crippen molar-refractivity contribution >= 4 is 40.2 Å². The van der Waals surface area contributed by atoms with Crippen molar-refractivity contribution in [1.29, 1.82) is 0 Å². The Morgan fingerprint density at radius 3 is 2.77 bits per heavy atom. The van der Waals surface area contributed by atoms with Crippen molar-refractivity contribution in [2.75, 3.05) is 44.1 Å². The Kier molecular flexibility index (Phi) is 8.09. The first-order valence-corrected chi connectivity index (χ1v) is 12.4. The molecule has 1 aromatic carbocycles. The SMILES string of the molecule is CN(C)CCCNc1cc(-n2ccccc2=O)ccc1N1C=C(CNC(=O)c2ccc(Cl)s2)NN1. The highest BCUT2D eigenvalue weighted by molar-refractivity contribution is 7.18. The van der Waals surface area contributed by atoms with E-state index in [1.54, 1.807) is 29.0 Å². The summed E-state index contributed by atoms with van der Waals surface area (Å²) in [6, 6.07) is 14.3. The molecule has 0 saturated carbocycles. The van der Waals surface area contributed by atoms with Crippen molar-refractivity contribution in [1.82, 2.24) is 25.7 Å².